The molecule has 2 N–H and O–H groups in total. The van der Waals surface area contributed by atoms with E-state index in [-0.39, 0.29) is 0 Å². The summed E-state index contributed by atoms with van der Waals surface area (Å²) in [6.07, 6.45) is 0.682. The molecule has 0 fully saturated rings. The lowest BCUT2D eigenvalue weighted by Crippen LogP contribution is -2.36. The fraction of sp³-hybridized carbons (Fsp3) is 0.375. The Balaban J connectivity index is 0.00000116. The second-order valence-electron chi connectivity index (χ2n) is 4.77. The second-order valence-corrected chi connectivity index (χ2v) is 5.14. The van der Waals surface area contributed by atoms with Crippen molar-refractivity contribution in [2.24, 2.45) is 0 Å². The molecule has 0 aliphatic rings. The van der Waals surface area contributed by atoms with Crippen molar-refractivity contribution in [2.45, 2.75) is 39.7 Å². The highest BCUT2D eigenvalue weighted by atomic mass is 32.1. The van der Waals surface area contributed by atoms with Crippen molar-refractivity contribution >= 4 is 36.6 Å². The van der Waals surface area contributed by atoms with Crippen LogP contribution in [0.25, 0.3) is 10.8 Å². The monoisotopic (exact) mass is 341 g/mol. The Morgan fingerprint density at radius 3 is 2.27 bits per heavy atom. The minimum atomic E-state index is -0.621. The average molecular weight is 341 g/mol. The van der Waals surface area contributed by atoms with E-state index in [1.54, 1.807) is 0 Å². The highest BCUT2D eigenvalue weighted by molar-refractivity contribution is 7.75. The van der Waals surface area contributed by atoms with Gasteiger partial charge in [0.05, 0.1) is 5.54 Å². The van der Waals surface area contributed by atoms with Gasteiger partial charge in [0.15, 0.2) is 0 Å². The van der Waals surface area contributed by atoms with E-state index in [1.807, 2.05) is 58.0 Å². The number of hydroxylamine groups is 1. The standard InChI is InChI=1S/C14H17NO3S2.C2H6/c1-3-14(2,15-16)11-8-7-9-10(13(11)18-20)5-4-6-12(9)17-19;1-2/h4-8,15-16,19-20H,3H2,1-2H3;1-2H3. The van der Waals surface area contributed by atoms with Gasteiger partial charge in [0.2, 0.25) is 0 Å². The number of fused-ring (bicyclic) bond motifs is 1. The predicted octanol–water partition coefficient (Wildman–Crippen LogP) is 4.92. The number of hydrogen-bond acceptors (Lipinski definition) is 6. The van der Waals surface area contributed by atoms with Crippen LogP contribution in [0.15, 0.2) is 30.3 Å². The normalized spacial score (nSPS) is 13.0. The Hall–Kier alpha value is -1.08. The first kappa shape index (κ1) is 19.0. The van der Waals surface area contributed by atoms with E-state index < -0.39 is 5.54 Å². The molecule has 2 aromatic carbocycles. The van der Waals surface area contributed by atoms with Crippen LogP contribution in [-0.4, -0.2) is 5.21 Å². The molecule has 0 saturated carbocycles. The highest BCUT2D eigenvalue weighted by Crippen LogP contribution is 2.41. The van der Waals surface area contributed by atoms with Crippen LogP contribution in [0.1, 0.15) is 39.7 Å². The van der Waals surface area contributed by atoms with Gasteiger partial charge in [-0.05, 0) is 25.5 Å². The largest absolute Gasteiger partial charge is 0.428 e. The average Bonchev–Trinajstić information content (AvgIpc) is 2.61. The van der Waals surface area contributed by atoms with Gasteiger partial charge in [-0.15, -0.1) is 0 Å². The maximum absolute atomic E-state index is 9.46. The fourth-order valence-electron chi connectivity index (χ4n) is 2.24. The van der Waals surface area contributed by atoms with Gasteiger partial charge in [0, 0.05) is 42.2 Å². The van der Waals surface area contributed by atoms with Gasteiger partial charge in [-0.1, -0.05) is 39.0 Å². The molecule has 0 aliphatic carbocycles. The summed E-state index contributed by atoms with van der Waals surface area (Å²) < 4.78 is 10.3. The number of rotatable bonds is 5. The van der Waals surface area contributed by atoms with Crippen molar-refractivity contribution < 1.29 is 13.6 Å². The van der Waals surface area contributed by atoms with E-state index in [0.717, 1.165) is 16.3 Å². The first-order chi connectivity index (χ1) is 10.6. The molecule has 22 heavy (non-hydrogen) atoms. The summed E-state index contributed by atoms with van der Waals surface area (Å²) in [4.78, 5) is 0. The van der Waals surface area contributed by atoms with Crippen molar-refractivity contribution in [1.82, 2.24) is 5.48 Å². The highest BCUT2D eigenvalue weighted by Gasteiger charge is 2.28. The molecule has 0 heterocycles. The Morgan fingerprint density at radius 1 is 1.09 bits per heavy atom. The maximum Gasteiger partial charge on any atom is 0.150 e. The van der Waals surface area contributed by atoms with E-state index in [4.69, 9.17) is 8.37 Å². The first-order valence-corrected chi connectivity index (χ1v) is 7.94. The van der Waals surface area contributed by atoms with Gasteiger partial charge < -0.3 is 13.6 Å². The Labute approximate surface area is 143 Å². The lowest BCUT2D eigenvalue weighted by Gasteiger charge is -2.29. The molecule has 4 nitrogen and oxygen atoms in total. The Kier molecular flexibility index (Phi) is 7.35. The quantitative estimate of drug-likeness (QED) is 0.354. The van der Waals surface area contributed by atoms with Crippen LogP contribution in [0, 0.1) is 0 Å². The third-order valence-electron chi connectivity index (χ3n) is 3.71. The third kappa shape index (κ3) is 3.46. The molecular formula is C16H23NO3S2. The lowest BCUT2D eigenvalue weighted by molar-refractivity contribution is 0.0665. The molecule has 0 aromatic heterocycles. The smallest absolute Gasteiger partial charge is 0.150 e. The molecule has 0 bridgehead atoms. The number of nitrogens with one attached hydrogen (secondary N) is 1. The molecule has 0 saturated heterocycles. The van der Waals surface area contributed by atoms with E-state index in [2.05, 4.69) is 31.3 Å². The van der Waals surface area contributed by atoms with E-state index in [1.165, 1.54) is 0 Å². The van der Waals surface area contributed by atoms with Crippen LogP contribution in [0.5, 0.6) is 11.5 Å². The SMILES string of the molecule is CC.CCC(C)(NO)c1ccc2c(OS)cccc2c1OS. The summed E-state index contributed by atoms with van der Waals surface area (Å²) in [5.41, 5.74) is 2.55. The third-order valence-corrected chi connectivity index (χ3v) is 4.09. The van der Waals surface area contributed by atoms with Crippen LogP contribution in [0.3, 0.4) is 0 Å². The molecule has 1 atom stereocenters. The summed E-state index contributed by atoms with van der Waals surface area (Å²) in [6.45, 7) is 7.87. The molecular weight excluding hydrogens is 318 g/mol. The zero-order valence-corrected chi connectivity index (χ0v) is 15.0. The fourth-order valence-corrected chi connectivity index (χ4v) is 2.60. The molecule has 6 heteroatoms. The summed E-state index contributed by atoms with van der Waals surface area (Å²) in [5.74, 6) is 1.23. The lowest BCUT2D eigenvalue weighted by atomic mass is 9.87. The van der Waals surface area contributed by atoms with Crippen molar-refractivity contribution in [1.29, 1.82) is 0 Å². The molecule has 2 rings (SSSR count). The van der Waals surface area contributed by atoms with Gasteiger partial charge in [0.25, 0.3) is 0 Å². The summed E-state index contributed by atoms with van der Waals surface area (Å²) >= 11 is 7.82. The molecule has 0 spiro atoms. The van der Waals surface area contributed by atoms with Crippen molar-refractivity contribution in [3.05, 3.63) is 35.9 Å². The summed E-state index contributed by atoms with van der Waals surface area (Å²) in [6, 6.07) is 9.38. The summed E-state index contributed by atoms with van der Waals surface area (Å²) in [5, 5.41) is 11.2. The number of benzene rings is 2. The minimum Gasteiger partial charge on any atom is -0.428 e. The Bertz CT molecular complexity index is 616. The van der Waals surface area contributed by atoms with Gasteiger partial charge in [-0.3, -0.25) is 0 Å². The number of hydrogen-bond donors (Lipinski definition) is 4. The minimum absolute atomic E-state index is 0.587. The Morgan fingerprint density at radius 2 is 1.77 bits per heavy atom. The van der Waals surface area contributed by atoms with Crippen molar-refractivity contribution in [3.8, 4) is 11.5 Å². The molecule has 0 aliphatic heterocycles. The van der Waals surface area contributed by atoms with Crippen molar-refractivity contribution in [3.63, 3.8) is 0 Å². The zero-order chi connectivity index (χ0) is 16.8. The molecule has 2 aromatic rings. The molecule has 122 valence electrons. The van der Waals surface area contributed by atoms with Gasteiger partial charge >= 0.3 is 0 Å². The van der Waals surface area contributed by atoms with Crippen LogP contribution in [0.4, 0.5) is 0 Å². The molecule has 1 unspecified atom stereocenters. The van der Waals surface area contributed by atoms with Crippen LogP contribution >= 0.6 is 25.8 Å². The predicted molar refractivity (Wildman–Crippen MR) is 97.1 cm³/mol. The van der Waals surface area contributed by atoms with Crippen LogP contribution in [0.2, 0.25) is 0 Å². The first-order valence-electron chi connectivity index (χ1n) is 7.21. The maximum atomic E-state index is 9.46. The van der Waals surface area contributed by atoms with Gasteiger partial charge in [-0.25, -0.2) is 0 Å². The number of thiol groups is 2. The van der Waals surface area contributed by atoms with Gasteiger partial charge in [-0.2, -0.15) is 5.48 Å². The molecule has 0 amide bonds. The second kappa shape index (κ2) is 8.53. The summed E-state index contributed by atoms with van der Waals surface area (Å²) in [7, 11) is 0. The van der Waals surface area contributed by atoms with Crippen LogP contribution < -0.4 is 13.8 Å². The van der Waals surface area contributed by atoms with E-state index in [0.29, 0.717) is 17.9 Å². The van der Waals surface area contributed by atoms with Gasteiger partial charge in [0.1, 0.15) is 11.5 Å². The van der Waals surface area contributed by atoms with Crippen LogP contribution in [-0.2, 0) is 5.54 Å². The topological polar surface area (TPSA) is 50.7 Å². The van der Waals surface area contributed by atoms with E-state index in [9.17, 15) is 5.21 Å². The van der Waals surface area contributed by atoms with Crippen molar-refractivity contribution in [2.75, 3.05) is 0 Å². The zero-order valence-electron chi connectivity index (χ0n) is 13.3. The van der Waals surface area contributed by atoms with E-state index >= 15 is 0 Å². The molecule has 0 radical (unpaired) electrons.